The average molecular weight is 318 g/mol. The van der Waals surface area contributed by atoms with Gasteiger partial charge in [-0.05, 0) is 30.9 Å². The smallest absolute Gasteiger partial charge is 0.254 e. The lowest BCUT2D eigenvalue weighted by molar-refractivity contribution is 0.0948. The van der Waals surface area contributed by atoms with Crippen LogP contribution in [0.15, 0.2) is 18.2 Å². The summed E-state index contributed by atoms with van der Waals surface area (Å²) in [6.45, 7) is 2.65. The maximum atomic E-state index is 13.4. The van der Waals surface area contributed by atoms with Gasteiger partial charge in [-0.3, -0.25) is 4.79 Å². The second kappa shape index (κ2) is 7.36. The molecule has 0 saturated heterocycles. The Kier molecular flexibility index (Phi) is 6.12. The van der Waals surface area contributed by atoms with Crippen LogP contribution in [-0.4, -0.2) is 22.9 Å². The van der Waals surface area contributed by atoms with E-state index in [4.69, 9.17) is 5.11 Å². The van der Waals surface area contributed by atoms with Crippen LogP contribution in [0.1, 0.15) is 30.1 Å². The molecule has 1 aromatic carbocycles. The van der Waals surface area contributed by atoms with Gasteiger partial charge in [-0.25, -0.2) is 4.39 Å². The molecule has 0 aliphatic carbocycles. The summed E-state index contributed by atoms with van der Waals surface area (Å²) in [6.07, 6.45) is 1.86. The van der Waals surface area contributed by atoms with Crippen molar-refractivity contribution in [1.29, 1.82) is 0 Å². The van der Waals surface area contributed by atoms with Gasteiger partial charge in [-0.15, -0.1) is 0 Å². The maximum Gasteiger partial charge on any atom is 0.254 e. The van der Waals surface area contributed by atoms with Crippen molar-refractivity contribution < 1.29 is 14.3 Å². The molecular formula is C13H17BrFNO2. The zero-order valence-corrected chi connectivity index (χ0v) is 11.8. The molecule has 0 heterocycles. The van der Waals surface area contributed by atoms with E-state index in [0.29, 0.717) is 12.5 Å². The highest BCUT2D eigenvalue weighted by atomic mass is 79.9. The second-order valence-corrected chi connectivity index (χ2v) is 4.97. The predicted octanol–water partition coefficient (Wildman–Crippen LogP) is 3.07. The summed E-state index contributed by atoms with van der Waals surface area (Å²) < 4.78 is 13.4. The minimum Gasteiger partial charge on any atom is -0.508 e. The standard InChI is InChI=1S/C13H17BrFNO2/c1-9(8-14)3-2-6-16-13(18)11-5-4-10(17)7-12(11)15/h4-5,7,9,17H,2-3,6,8H2,1H3,(H,16,18). The Morgan fingerprint density at radius 2 is 2.28 bits per heavy atom. The molecule has 0 fully saturated rings. The number of hydrogen-bond acceptors (Lipinski definition) is 2. The van der Waals surface area contributed by atoms with E-state index in [2.05, 4.69) is 28.2 Å². The highest BCUT2D eigenvalue weighted by Crippen LogP contribution is 2.15. The Morgan fingerprint density at radius 3 is 2.89 bits per heavy atom. The fraction of sp³-hybridized carbons (Fsp3) is 0.462. The van der Waals surface area contributed by atoms with Crippen LogP contribution in [0.25, 0.3) is 0 Å². The Morgan fingerprint density at radius 1 is 1.56 bits per heavy atom. The number of alkyl halides is 1. The first-order valence-corrected chi connectivity index (χ1v) is 6.99. The molecule has 0 radical (unpaired) electrons. The van der Waals surface area contributed by atoms with Crippen molar-refractivity contribution in [2.45, 2.75) is 19.8 Å². The fourth-order valence-electron chi connectivity index (χ4n) is 1.51. The second-order valence-electron chi connectivity index (χ2n) is 4.32. The third-order valence-corrected chi connectivity index (χ3v) is 3.73. The summed E-state index contributed by atoms with van der Waals surface area (Å²) in [5, 5.41) is 12.6. The monoisotopic (exact) mass is 317 g/mol. The molecule has 0 aromatic heterocycles. The third-order valence-electron chi connectivity index (χ3n) is 2.62. The van der Waals surface area contributed by atoms with Crippen LogP contribution in [0.2, 0.25) is 0 Å². The highest BCUT2D eigenvalue weighted by molar-refractivity contribution is 9.09. The number of phenolic OH excluding ortho intramolecular Hbond substituents is 1. The van der Waals surface area contributed by atoms with Gasteiger partial charge in [0.1, 0.15) is 11.6 Å². The lowest BCUT2D eigenvalue weighted by atomic mass is 10.1. The lowest BCUT2D eigenvalue weighted by Crippen LogP contribution is -2.25. The molecule has 18 heavy (non-hydrogen) atoms. The summed E-state index contributed by atoms with van der Waals surface area (Å²) in [5.74, 6) is -0.775. The topological polar surface area (TPSA) is 49.3 Å². The quantitative estimate of drug-likeness (QED) is 0.625. The minimum absolute atomic E-state index is 0.0404. The molecule has 100 valence electrons. The molecule has 3 nitrogen and oxygen atoms in total. The number of aromatic hydroxyl groups is 1. The lowest BCUT2D eigenvalue weighted by Gasteiger charge is -2.09. The molecule has 0 aliphatic rings. The molecule has 0 bridgehead atoms. The first-order chi connectivity index (χ1) is 8.54. The van der Waals surface area contributed by atoms with Crippen LogP contribution < -0.4 is 5.32 Å². The third kappa shape index (κ3) is 4.64. The van der Waals surface area contributed by atoms with E-state index >= 15 is 0 Å². The fourth-order valence-corrected chi connectivity index (χ4v) is 1.84. The number of carbonyl (C=O) groups is 1. The minimum atomic E-state index is -0.707. The number of nitrogens with one attached hydrogen (secondary N) is 1. The van der Waals surface area contributed by atoms with Crippen molar-refractivity contribution in [3.8, 4) is 5.75 Å². The van der Waals surface area contributed by atoms with Crippen molar-refractivity contribution in [3.05, 3.63) is 29.6 Å². The van der Waals surface area contributed by atoms with Crippen molar-refractivity contribution in [2.24, 2.45) is 5.92 Å². The van der Waals surface area contributed by atoms with Crippen molar-refractivity contribution in [1.82, 2.24) is 5.32 Å². The van der Waals surface area contributed by atoms with E-state index in [1.807, 2.05) is 0 Å². The van der Waals surface area contributed by atoms with Crippen molar-refractivity contribution >= 4 is 21.8 Å². The Labute approximate surface area is 115 Å². The largest absolute Gasteiger partial charge is 0.508 e. The molecule has 1 atom stereocenters. The molecule has 0 aliphatic heterocycles. The van der Waals surface area contributed by atoms with Gasteiger partial charge in [0.05, 0.1) is 5.56 Å². The maximum absolute atomic E-state index is 13.4. The number of benzene rings is 1. The molecule has 0 saturated carbocycles. The summed E-state index contributed by atoms with van der Waals surface area (Å²) in [4.78, 5) is 11.6. The highest BCUT2D eigenvalue weighted by Gasteiger charge is 2.11. The van der Waals surface area contributed by atoms with Crippen LogP contribution in [-0.2, 0) is 0 Å². The summed E-state index contributed by atoms with van der Waals surface area (Å²) in [5.41, 5.74) is -0.0404. The van der Waals surface area contributed by atoms with Crippen molar-refractivity contribution in [3.63, 3.8) is 0 Å². The van der Waals surface area contributed by atoms with Gasteiger partial charge in [-0.1, -0.05) is 22.9 Å². The first kappa shape index (κ1) is 15.0. The number of carbonyl (C=O) groups excluding carboxylic acids is 1. The van der Waals surface area contributed by atoms with E-state index < -0.39 is 11.7 Å². The van der Waals surface area contributed by atoms with Crippen molar-refractivity contribution in [2.75, 3.05) is 11.9 Å². The first-order valence-electron chi connectivity index (χ1n) is 5.87. The van der Waals surface area contributed by atoms with Gasteiger partial charge < -0.3 is 10.4 Å². The molecule has 1 aromatic rings. The van der Waals surface area contributed by atoms with Crippen LogP contribution in [0.4, 0.5) is 4.39 Å². The predicted molar refractivity (Wildman–Crippen MR) is 72.6 cm³/mol. The molecule has 1 amide bonds. The van der Waals surface area contributed by atoms with Crippen LogP contribution in [0.3, 0.4) is 0 Å². The number of halogens is 2. The van der Waals surface area contributed by atoms with E-state index in [1.54, 1.807) is 0 Å². The van der Waals surface area contributed by atoms with Crippen LogP contribution in [0.5, 0.6) is 5.75 Å². The molecule has 2 N–H and O–H groups in total. The van der Waals surface area contributed by atoms with E-state index in [9.17, 15) is 9.18 Å². The van der Waals surface area contributed by atoms with E-state index in [1.165, 1.54) is 12.1 Å². The number of phenols is 1. The Bertz CT molecular complexity index is 412. The number of hydrogen-bond donors (Lipinski definition) is 2. The van der Waals surface area contributed by atoms with Gasteiger partial charge in [0.15, 0.2) is 0 Å². The van der Waals surface area contributed by atoms with Gasteiger partial charge in [0.2, 0.25) is 0 Å². The van der Waals surface area contributed by atoms with Gasteiger partial charge in [0.25, 0.3) is 5.91 Å². The summed E-state index contributed by atoms with van der Waals surface area (Å²) in [7, 11) is 0. The van der Waals surface area contributed by atoms with Crippen LogP contribution in [0, 0.1) is 11.7 Å². The average Bonchev–Trinajstić information content (AvgIpc) is 2.34. The van der Waals surface area contributed by atoms with Crippen LogP contribution >= 0.6 is 15.9 Å². The Balaban J connectivity index is 2.41. The molecule has 0 spiro atoms. The Hall–Kier alpha value is -1.10. The molecule has 5 heteroatoms. The zero-order valence-electron chi connectivity index (χ0n) is 10.2. The summed E-state index contributed by atoms with van der Waals surface area (Å²) >= 11 is 3.39. The van der Waals surface area contributed by atoms with Gasteiger partial charge in [0, 0.05) is 17.9 Å². The van der Waals surface area contributed by atoms with E-state index in [0.717, 1.165) is 24.2 Å². The number of rotatable bonds is 6. The zero-order chi connectivity index (χ0) is 13.5. The summed E-state index contributed by atoms with van der Waals surface area (Å²) in [6, 6.07) is 3.51. The number of amides is 1. The van der Waals surface area contributed by atoms with Gasteiger partial charge in [-0.2, -0.15) is 0 Å². The normalized spacial score (nSPS) is 12.2. The molecule has 1 unspecified atom stereocenters. The SMILES string of the molecule is CC(CBr)CCCNC(=O)c1ccc(O)cc1F. The van der Waals surface area contributed by atoms with Gasteiger partial charge >= 0.3 is 0 Å². The van der Waals surface area contributed by atoms with E-state index in [-0.39, 0.29) is 11.3 Å². The molecule has 1 rings (SSSR count). The molecular weight excluding hydrogens is 301 g/mol.